The van der Waals surface area contributed by atoms with Crippen molar-refractivity contribution in [3.63, 3.8) is 0 Å². The molecule has 0 amide bonds. The second kappa shape index (κ2) is 7.21. The summed E-state index contributed by atoms with van der Waals surface area (Å²) in [6.07, 6.45) is -0.583. The summed E-state index contributed by atoms with van der Waals surface area (Å²) < 4.78 is 44.3. The number of fused-ring (bicyclic) bond motifs is 3. The molecule has 1 unspecified atom stereocenters. The molecule has 164 valence electrons. The molecule has 1 aromatic heterocycles. The number of rotatable bonds is 5. The Bertz CT molecular complexity index is 1130. The first kappa shape index (κ1) is 21.6. The molecule has 31 heavy (non-hydrogen) atoms. The predicted molar refractivity (Wildman–Crippen MR) is 112 cm³/mol. The van der Waals surface area contributed by atoms with Gasteiger partial charge in [-0.05, 0) is 46.2 Å². The van der Waals surface area contributed by atoms with Crippen molar-refractivity contribution in [2.24, 2.45) is 5.41 Å². The second-order valence-corrected chi connectivity index (χ2v) is 8.91. The monoisotopic (exact) mass is 430 g/mol. The third-order valence-electron chi connectivity index (χ3n) is 6.29. The molecule has 2 N–H and O–H groups in total. The summed E-state index contributed by atoms with van der Waals surface area (Å²) in [6.45, 7) is 6.55. The van der Waals surface area contributed by atoms with Crippen molar-refractivity contribution in [1.82, 2.24) is 9.78 Å². The van der Waals surface area contributed by atoms with Crippen molar-refractivity contribution in [1.29, 1.82) is 0 Å². The summed E-state index contributed by atoms with van der Waals surface area (Å²) >= 11 is 0. The summed E-state index contributed by atoms with van der Waals surface area (Å²) in [5.74, 6) is 0. The highest BCUT2D eigenvalue weighted by Crippen LogP contribution is 2.56. The first-order valence-corrected chi connectivity index (χ1v) is 10.2. The third-order valence-corrected chi connectivity index (χ3v) is 6.29. The normalized spacial score (nSPS) is 18.2. The van der Waals surface area contributed by atoms with Crippen molar-refractivity contribution in [2.45, 2.75) is 52.1 Å². The van der Waals surface area contributed by atoms with E-state index in [1.165, 1.54) is 18.2 Å². The molecule has 0 radical (unpaired) electrons. The molecule has 0 saturated carbocycles. The summed E-state index contributed by atoms with van der Waals surface area (Å²) in [7, 11) is 0. The first-order valence-electron chi connectivity index (χ1n) is 10.2. The molecule has 7 heteroatoms. The standard InChI is InChI=1S/C24H25F3N2O2/c1-4-22(2,3)14-29-12-17(11-28-29)15-9-16(13-30)21-18-7-5-6-8-19(18)23(31,20(21)10-15)24(25,26)27/h5-12,30-31H,4,13-14H2,1-3H3. The van der Waals surface area contributed by atoms with E-state index >= 15 is 0 Å². The van der Waals surface area contributed by atoms with Gasteiger partial charge in [0.25, 0.3) is 0 Å². The fourth-order valence-corrected chi connectivity index (χ4v) is 4.21. The lowest BCUT2D eigenvalue weighted by Gasteiger charge is -2.28. The Morgan fingerprint density at radius 2 is 1.77 bits per heavy atom. The molecule has 0 aliphatic heterocycles. The van der Waals surface area contributed by atoms with Crippen LogP contribution >= 0.6 is 0 Å². The number of benzene rings is 2. The van der Waals surface area contributed by atoms with Crippen molar-refractivity contribution >= 4 is 0 Å². The van der Waals surface area contributed by atoms with Gasteiger partial charge in [0.1, 0.15) is 0 Å². The van der Waals surface area contributed by atoms with E-state index in [1.807, 2.05) is 0 Å². The van der Waals surface area contributed by atoms with Crippen LogP contribution in [0.3, 0.4) is 0 Å². The molecule has 4 nitrogen and oxygen atoms in total. The van der Waals surface area contributed by atoms with E-state index in [9.17, 15) is 23.4 Å². The molecular formula is C24H25F3N2O2. The zero-order chi connectivity index (χ0) is 22.6. The van der Waals surface area contributed by atoms with Gasteiger partial charge in [-0.25, -0.2) is 0 Å². The van der Waals surface area contributed by atoms with Crippen LogP contribution in [0, 0.1) is 5.41 Å². The molecule has 2 aromatic carbocycles. The Labute approximate surface area is 179 Å². The molecule has 0 bridgehead atoms. The van der Waals surface area contributed by atoms with Crippen molar-refractivity contribution in [3.05, 3.63) is 65.5 Å². The molecule has 0 fully saturated rings. The van der Waals surface area contributed by atoms with Gasteiger partial charge in [-0.1, -0.05) is 45.0 Å². The van der Waals surface area contributed by atoms with Crippen LogP contribution in [-0.4, -0.2) is 26.2 Å². The topological polar surface area (TPSA) is 58.3 Å². The third kappa shape index (κ3) is 3.36. The fraction of sp³-hybridized carbons (Fsp3) is 0.375. The zero-order valence-corrected chi connectivity index (χ0v) is 17.7. The van der Waals surface area contributed by atoms with Crippen LogP contribution in [0.1, 0.15) is 43.9 Å². The van der Waals surface area contributed by atoms with Gasteiger partial charge >= 0.3 is 6.18 Å². The minimum Gasteiger partial charge on any atom is -0.392 e. The number of aromatic nitrogens is 2. The lowest BCUT2D eigenvalue weighted by Crippen LogP contribution is -2.41. The number of nitrogens with zero attached hydrogens (tertiary/aromatic N) is 2. The van der Waals surface area contributed by atoms with Crippen LogP contribution in [0.5, 0.6) is 0 Å². The number of halogens is 3. The Balaban J connectivity index is 1.89. The SMILES string of the molecule is CCC(C)(C)Cn1cc(-c2cc(CO)c3c(c2)C(O)(C(F)(F)F)c2ccccc2-3)cn1. The van der Waals surface area contributed by atoms with Crippen molar-refractivity contribution in [3.8, 4) is 22.3 Å². The number of aliphatic hydroxyl groups is 2. The number of alkyl halides is 3. The van der Waals surface area contributed by atoms with Crippen molar-refractivity contribution < 1.29 is 23.4 Å². The molecule has 3 aromatic rings. The minimum absolute atomic E-state index is 0.0235. The van der Waals surface area contributed by atoms with Crippen LogP contribution in [-0.2, 0) is 18.8 Å². The van der Waals surface area contributed by atoms with Gasteiger partial charge in [0.2, 0.25) is 5.60 Å². The molecule has 1 aliphatic carbocycles. The van der Waals surface area contributed by atoms with E-state index in [4.69, 9.17) is 0 Å². The predicted octanol–water partition coefficient (Wildman–Crippen LogP) is 5.26. The van der Waals surface area contributed by atoms with Crippen molar-refractivity contribution in [2.75, 3.05) is 0 Å². The summed E-state index contributed by atoms with van der Waals surface area (Å²) in [4.78, 5) is 0. The maximum absolute atomic E-state index is 14.2. The Morgan fingerprint density at radius 3 is 2.42 bits per heavy atom. The largest absolute Gasteiger partial charge is 0.425 e. The maximum atomic E-state index is 14.2. The summed E-state index contributed by atoms with van der Waals surface area (Å²) in [5, 5.41) is 25.3. The molecular weight excluding hydrogens is 405 g/mol. The molecule has 1 atom stereocenters. The van der Waals surface area contributed by atoms with Crippen LogP contribution in [0.15, 0.2) is 48.8 Å². The first-order chi connectivity index (χ1) is 14.5. The molecule has 0 spiro atoms. The Kier molecular flexibility index (Phi) is 5.02. The smallest absolute Gasteiger partial charge is 0.392 e. The number of aliphatic hydroxyl groups excluding tert-OH is 1. The molecule has 4 rings (SSSR count). The fourth-order valence-electron chi connectivity index (χ4n) is 4.21. The molecule has 1 aliphatic rings. The summed E-state index contributed by atoms with van der Waals surface area (Å²) in [6, 6.07) is 8.97. The van der Waals surface area contributed by atoms with E-state index in [-0.39, 0.29) is 27.7 Å². The van der Waals surface area contributed by atoms with Crippen LogP contribution in [0.25, 0.3) is 22.3 Å². The van der Waals surface area contributed by atoms with E-state index < -0.39 is 18.4 Å². The highest BCUT2D eigenvalue weighted by Gasteiger charge is 2.61. The number of hydrogen-bond donors (Lipinski definition) is 2. The van der Waals surface area contributed by atoms with Gasteiger partial charge < -0.3 is 10.2 Å². The molecule has 0 saturated heterocycles. The van der Waals surface area contributed by atoms with E-state index in [0.29, 0.717) is 23.2 Å². The van der Waals surface area contributed by atoms with Crippen LogP contribution in [0.2, 0.25) is 0 Å². The number of hydrogen-bond acceptors (Lipinski definition) is 3. The highest BCUT2D eigenvalue weighted by molar-refractivity contribution is 5.86. The van der Waals surface area contributed by atoms with E-state index in [1.54, 1.807) is 35.3 Å². The van der Waals surface area contributed by atoms with E-state index in [2.05, 4.69) is 25.9 Å². The van der Waals surface area contributed by atoms with Crippen LogP contribution < -0.4 is 0 Å². The maximum Gasteiger partial charge on any atom is 0.425 e. The van der Waals surface area contributed by atoms with Gasteiger partial charge in [0.15, 0.2) is 0 Å². The van der Waals surface area contributed by atoms with Gasteiger partial charge in [-0.3, -0.25) is 4.68 Å². The minimum atomic E-state index is -4.92. The second-order valence-electron chi connectivity index (χ2n) is 8.91. The summed E-state index contributed by atoms with van der Waals surface area (Å²) in [5.41, 5.74) is -1.64. The highest BCUT2D eigenvalue weighted by atomic mass is 19.4. The average molecular weight is 430 g/mol. The van der Waals surface area contributed by atoms with Gasteiger partial charge in [0.05, 0.1) is 12.8 Å². The average Bonchev–Trinajstić information content (AvgIpc) is 3.29. The Hall–Kier alpha value is -2.64. The molecule has 1 heterocycles. The van der Waals surface area contributed by atoms with Gasteiger partial charge in [-0.15, -0.1) is 0 Å². The Morgan fingerprint density at radius 1 is 1.06 bits per heavy atom. The van der Waals surface area contributed by atoms with E-state index in [0.717, 1.165) is 6.42 Å². The van der Waals surface area contributed by atoms with Gasteiger partial charge in [0, 0.05) is 29.4 Å². The van der Waals surface area contributed by atoms with Gasteiger partial charge in [-0.2, -0.15) is 18.3 Å². The quantitative estimate of drug-likeness (QED) is 0.581. The lowest BCUT2D eigenvalue weighted by atomic mass is 9.88. The van der Waals surface area contributed by atoms with Crippen LogP contribution in [0.4, 0.5) is 13.2 Å². The lowest BCUT2D eigenvalue weighted by molar-refractivity contribution is -0.246. The zero-order valence-electron chi connectivity index (χ0n) is 17.7.